The molecule has 3 heteroatoms. The fraction of sp³-hybridized carbons (Fsp3) is 1.00. The van der Waals surface area contributed by atoms with Crippen LogP contribution >= 0.6 is 15.9 Å². The van der Waals surface area contributed by atoms with Gasteiger partial charge in [0.05, 0.1) is 5.45 Å². The predicted octanol–water partition coefficient (Wildman–Crippen LogP) is 1.66. The van der Waals surface area contributed by atoms with Crippen LogP contribution in [0.2, 0.25) is 0 Å². The number of alkyl halides is 1. The van der Waals surface area contributed by atoms with Crippen molar-refractivity contribution in [2.24, 2.45) is 5.92 Å². The number of likely N-dealkylation sites (tertiary alicyclic amines) is 1. The van der Waals surface area contributed by atoms with Crippen LogP contribution in [0.3, 0.4) is 0 Å². The van der Waals surface area contributed by atoms with Crippen molar-refractivity contribution in [3.63, 3.8) is 0 Å². The Morgan fingerprint density at radius 1 is 1.58 bits per heavy atom. The maximum absolute atomic E-state index is 3.36. The van der Waals surface area contributed by atoms with Gasteiger partial charge in [-0.25, -0.2) is 0 Å². The van der Waals surface area contributed by atoms with Crippen LogP contribution in [0.15, 0.2) is 0 Å². The molecule has 1 N–H and O–H groups in total. The van der Waals surface area contributed by atoms with Crippen molar-refractivity contribution in [2.75, 3.05) is 32.1 Å². The minimum absolute atomic E-state index is 0.926. The molecule has 1 rings (SSSR count). The number of hydrogen-bond acceptors (Lipinski definition) is 2. The highest BCUT2D eigenvalue weighted by Gasteiger charge is 2.15. The van der Waals surface area contributed by atoms with Crippen LogP contribution < -0.4 is 5.32 Å². The van der Waals surface area contributed by atoms with Crippen LogP contribution in [0.4, 0.5) is 0 Å². The first-order valence-electron chi connectivity index (χ1n) is 4.78. The summed E-state index contributed by atoms with van der Waals surface area (Å²) in [5, 5.41) is 3.31. The van der Waals surface area contributed by atoms with E-state index in [0.717, 1.165) is 17.9 Å². The Bertz CT molecular complexity index is 119. The van der Waals surface area contributed by atoms with Crippen LogP contribution in [-0.4, -0.2) is 37.0 Å². The highest BCUT2D eigenvalue weighted by atomic mass is 79.9. The molecule has 1 aliphatic rings. The zero-order chi connectivity index (χ0) is 8.81. The molecular formula is C9H19BrN2. The van der Waals surface area contributed by atoms with Crippen molar-refractivity contribution >= 4 is 15.9 Å². The van der Waals surface area contributed by atoms with Crippen molar-refractivity contribution < 1.29 is 0 Å². The SMILES string of the molecule is CN1CCCC(CCNCBr)C1. The van der Waals surface area contributed by atoms with Gasteiger partial charge in [-0.05, 0) is 45.3 Å². The first-order chi connectivity index (χ1) is 5.83. The molecule has 1 unspecified atom stereocenters. The number of halogens is 1. The summed E-state index contributed by atoms with van der Waals surface area (Å²) >= 11 is 3.36. The minimum Gasteiger partial charge on any atom is -0.307 e. The molecule has 1 atom stereocenters. The van der Waals surface area contributed by atoms with Crippen molar-refractivity contribution in [2.45, 2.75) is 19.3 Å². The van der Waals surface area contributed by atoms with Crippen molar-refractivity contribution in [3.05, 3.63) is 0 Å². The van der Waals surface area contributed by atoms with Gasteiger partial charge in [0.25, 0.3) is 0 Å². The first kappa shape index (κ1) is 10.5. The van der Waals surface area contributed by atoms with E-state index in [1.807, 2.05) is 0 Å². The van der Waals surface area contributed by atoms with Crippen molar-refractivity contribution in [1.82, 2.24) is 10.2 Å². The summed E-state index contributed by atoms with van der Waals surface area (Å²) in [7, 11) is 2.23. The van der Waals surface area contributed by atoms with Crippen molar-refractivity contribution in [1.29, 1.82) is 0 Å². The van der Waals surface area contributed by atoms with E-state index < -0.39 is 0 Å². The largest absolute Gasteiger partial charge is 0.307 e. The summed E-state index contributed by atoms with van der Waals surface area (Å²) in [5.41, 5.74) is 0.926. The highest BCUT2D eigenvalue weighted by molar-refractivity contribution is 9.09. The number of hydrogen-bond donors (Lipinski definition) is 1. The van der Waals surface area contributed by atoms with E-state index in [4.69, 9.17) is 0 Å². The summed E-state index contributed by atoms with van der Waals surface area (Å²) in [6, 6.07) is 0. The van der Waals surface area contributed by atoms with Gasteiger partial charge in [-0.3, -0.25) is 0 Å². The lowest BCUT2D eigenvalue weighted by Gasteiger charge is -2.29. The first-order valence-corrected chi connectivity index (χ1v) is 5.90. The molecule has 72 valence electrons. The zero-order valence-electron chi connectivity index (χ0n) is 7.85. The molecule has 0 radical (unpaired) electrons. The smallest absolute Gasteiger partial charge is 0.0517 e. The van der Waals surface area contributed by atoms with Gasteiger partial charge in [0.1, 0.15) is 0 Å². The van der Waals surface area contributed by atoms with E-state index in [2.05, 4.69) is 33.2 Å². The predicted molar refractivity (Wildman–Crippen MR) is 56.6 cm³/mol. The Kier molecular flexibility index (Phi) is 5.19. The summed E-state index contributed by atoms with van der Waals surface area (Å²) in [4.78, 5) is 2.45. The third kappa shape index (κ3) is 3.87. The molecule has 0 aromatic rings. The average molecular weight is 235 g/mol. The standard InChI is InChI=1S/C9H19BrN2/c1-12-6-2-3-9(7-12)4-5-11-8-10/h9,11H,2-8H2,1H3. The zero-order valence-corrected chi connectivity index (χ0v) is 9.44. The fourth-order valence-electron chi connectivity index (χ4n) is 1.88. The van der Waals surface area contributed by atoms with Crippen LogP contribution in [0.5, 0.6) is 0 Å². The Labute approximate surface area is 83.8 Å². The van der Waals surface area contributed by atoms with Gasteiger partial charge in [-0.2, -0.15) is 0 Å². The molecule has 0 amide bonds. The molecule has 0 aromatic heterocycles. The van der Waals surface area contributed by atoms with Crippen LogP contribution in [0, 0.1) is 5.92 Å². The third-order valence-electron chi connectivity index (χ3n) is 2.55. The molecule has 2 nitrogen and oxygen atoms in total. The lowest BCUT2D eigenvalue weighted by molar-refractivity contribution is 0.202. The van der Waals surface area contributed by atoms with Gasteiger partial charge in [0.15, 0.2) is 0 Å². The van der Waals surface area contributed by atoms with Crippen LogP contribution in [0.1, 0.15) is 19.3 Å². The molecule has 1 saturated heterocycles. The maximum Gasteiger partial charge on any atom is 0.0517 e. The quantitative estimate of drug-likeness (QED) is 0.453. The lowest BCUT2D eigenvalue weighted by atomic mass is 9.95. The van der Waals surface area contributed by atoms with E-state index in [1.165, 1.54) is 32.4 Å². The van der Waals surface area contributed by atoms with Gasteiger partial charge < -0.3 is 10.2 Å². The highest BCUT2D eigenvalue weighted by Crippen LogP contribution is 2.17. The van der Waals surface area contributed by atoms with E-state index in [1.54, 1.807) is 0 Å². The van der Waals surface area contributed by atoms with Crippen LogP contribution in [0.25, 0.3) is 0 Å². The summed E-state index contributed by atoms with van der Waals surface area (Å²) in [5.74, 6) is 0.926. The summed E-state index contributed by atoms with van der Waals surface area (Å²) in [6.45, 7) is 3.75. The van der Waals surface area contributed by atoms with Crippen molar-refractivity contribution in [3.8, 4) is 0 Å². The second-order valence-electron chi connectivity index (χ2n) is 3.69. The van der Waals surface area contributed by atoms with E-state index in [9.17, 15) is 0 Å². The molecule has 0 spiro atoms. The second-order valence-corrected chi connectivity index (χ2v) is 4.25. The third-order valence-corrected chi connectivity index (χ3v) is 2.94. The van der Waals surface area contributed by atoms with E-state index in [-0.39, 0.29) is 0 Å². The van der Waals surface area contributed by atoms with Gasteiger partial charge in [-0.1, -0.05) is 15.9 Å². The molecule has 0 bridgehead atoms. The van der Waals surface area contributed by atoms with Gasteiger partial charge in [0.2, 0.25) is 0 Å². The minimum atomic E-state index is 0.926. The normalized spacial score (nSPS) is 26.0. The molecule has 1 aliphatic heterocycles. The molecule has 12 heavy (non-hydrogen) atoms. The number of nitrogens with one attached hydrogen (secondary N) is 1. The van der Waals surface area contributed by atoms with Gasteiger partial charge in [-0.15, -0.1) is 0 Å². The van der Waals surface area contributed by atoms with Gasteiger partial charge >= 0.3 is 0 Å². The Balaban J connectivity index is 2.06. The topological polar surface area (TPSA) is 15.3 Å². The molecule has 0 saturated carbocycles. The molecule has 1 heterocycles. The van der Waals surface area contributed by atoms with Gasteiger partial charge in [0, 0.05) is 6.54 Å². The monoisotopic (exact) mass is 234 g/mol. The summed E-state index contributed by atoms with van der Waals surface area (Å²) < 4.78 is 0. The maximum atomic E-state index is 3.36. The number of rotatable bonds is 4. The Morgan fingerprint density at radius 3 is 3.08 bits per heavy atom. The Hall–Kier alpha value is 0.400. The fourth-order valence-corrected chi connectivity index (χ4v) is 2.16. The molecule has 0 aliphatic carbocycles. The van der Waals surface area contributed by atoms with E-state index in [0.29, 0.717) is 0 Å². The molecule has 0 aromatic carbocycles. The number of piperidine rings is 1. The Morgan fingerprint density at radius 2 is 2.42 bits per heavy atom. The summed E-state index contributed by atoms with van der Waals surface area (Å²) in [6.07, 6.45) is 4.14. The lowest BCUT2D eigenvalue weighted by Crippen LogP contribution is -2.33. The molecular weight excluding hydrogens is 216 g/mol. The number of nitrogens with zero attached hydrogens (tertiary/aromatic N) is 1. The molecule has 1 fully saturated rings. The average Bonchev–Trinajstić information content (AvgIpc) is 2.05. The van der Waals surface area contributed by atoms with E-state index >= 15 is 0 Å². The second kappa shape index (κ2) is 5.95. The van der Waals surface area contributed by atoms with Crippen LogP contribution in [-0.2, 0) is 0 Å².